The van der Waals surface area contributed by atoms with Crippen LogP contribution in [0.15, 0.2) is 41.6 Å². The van der Waals surface area contributed by atoms with E-state index in [-0.39, 0.29) is 0 Å². The minimum Gasteiger partial charge on any atom is -0.255 e. The zero-order valence-electron chi connectivity index (χ0n) is 12.6. The van der Waals surface area contributed by atoms with Gasteiger partial charge in [-0.05, 0) is 30.1 Å². The van der Waals surface area contributed by atoms with Crippen LogP contribution >= 0.6 is 0 Å². The topological polar surface area (TPSA) is 3.01 Å². The van der Waals surface area contributed by atoms with E-state index in [1.165, 1.54) is 33.9 Å². The Morgan fingerprint density at radius 1 is 1.11 bits per heavy atom. The highest BCUT2D eigenvalue weighted by Gasteiger charge is 2.19. The normalized spacial score (nSPS) is 15.7. The van der Waals surface area contributed by atoms with E-state index < -0.39 is 0 Å². The summed E-state index contributed by atoms with van der Waals surface area (Å²) >= 11 is 0. The first kappa shape index (κ1) is 13.7. The molecule has 0 fully saturated rings. The SMILES string of the molecule is C=[N+]1C=C(C)C(C)=C[C-]1c1ccc(C(C)C)cc1C. The van der Waals surface area contributed by atoms with E-state index >= 15 is 0 Å². The average Bonchev–Trinajstić information content (AvgIpc) is 2.34. The Kier molecular flexibility index (Phi) is 3.66. The molecule has 1 aliphatic heterocycles. The maximum atomic E-state index is 4.11. The fourth-order valence-electron chi connectivity index (χ4n) is 2.37. The van der Waals surface area contributed by atoms with Gasteiger partial charge in [-0.2, -0.15) is 0 Å². The lowest BCUT2D eigenvalue weighted by Crippen LogP contribution is -2.17. The molecule has 0 spiro atoms. The summed E-state index contributed by atoms with van der Waals surface area (Å²) in [5.74, 6) is 0.569. The highest BCUT2D eigenvalue weighted by Crippen LogP contribution is 2.30. The first-order valence-corrected chi connectivity index (χ1v) is 6.85. The van der Waals surface area contributed by atoms with Crippen molar-refractivity contribution in [2.75, 3.05) is 0 Å². The number of nitrogens with zero attached hydrogens (tertiary/aromatic N) is 1. The van der Waals surface area contributed by atoms with E-state index in [1.807, 2.05) is 4.58 Å². The summed E-state index contributed by atoms with van der Waals surface area (Å²) in [6.07, 6.45) is 4.32. The van der Waals surface area contributed by atoms with E-state index in [4.69, 9.17) is 0 Å². The van der Waals surface area contributed by atoms with Crippen molar-refractivity contribution in [1.29, 1.82) is 0 Å². The summed E-state index contributed by atoms with van der Waals surface area (Å²) in [6.45, 7) is 15.0. The first-order chi connectivity index (χ1) is 8.90. The third kappa shape index (κ3) is 2.65. The van der Waals surface area contributed by atoms with E-state index in [9.17, 15) is 0 Å². The lowest BCUT2D eigenvalue weighted by molar-refractivity contribution is -0.419. The lowest BCUT2D eigenvalue weighted by Gasteiger charge is -2.23. The summed E-state index contributed by atoms with van der Waals surface area (Å²) in [7, 11) is 0. The Bertz CT molecular complexity index is 573. The second-order valence-corrected chi connectivity index (χ2v) is 5.72. The molecule has 0 saturated carbocycles. The Labute approximate surface area is 117 Å². The van der Waals surface area contributed by atoms with Crippen molar-refractivity contribution in [3.63, 3.8) is 0 Å². The van der Waals surface area contributed by atoms with Crippen LogP contribution < -0.4 is 0 Å². The monoisotopic (exact) mass is 253 g/mol. The molecule has 1 aliphatic rings. The molecule has 19 heavy (non-hydrogen) atoms. The van der Waals surface area contributed by atoms with Gasteiger partial charge < -0.3 is 0 Å². The molecule has 1 nitrogen and oxygen atoms in total. The third-order valence-electron chi connectivity index (χ3n) is 3.83. The summed E-state index contributed by atoms with van der Waals surface area (Å²) in [5, 5.41) is 0. The van der Waals surface area contributed by atoms with Crippen molar-refractivity contribution in [2.45, 2.75) is 40.5 Å². The fourth-order valence-corrected chi connectivity index (χ4v) is 2.37. The molecule has 0 N–H and O–H groups in total. The Hall–Kier alpha value is -1.76. The Morgan fingerprint density at radius 2 is 1.79 bits per heavy atom. The van der Waals surface area contributed by atoms with Crippen molar-refractivity contribution >= 4 is 6.72 Å². The molecule has 0 unspecified atom stereocenters. The van der Waals surface area contributed by atoms with Gasteiger partial charge in [-0.15, -0.1) is 6.07 Å². The predicted molar refractivity (Wildman–Crippen MR) is 82.5 cm³/mol. The zero-order chi connectivity index (χ0) is 14.2. The molecular formula is C18H23N. The van der Waals surface area contributed by atoms with E-state index in [0.29, 0.717) is 5.92 Å². The zero-order valence-corrected chi connectivity index (χ0v) is 12.6. The summed E-state index contributed by atoms with van der Waals surface area (Å²) in [4.78, 5) is 0. The number of rotatable bonds is 2. The van der Waals surface area contributed by atoms with Crippen LogP contribution in [0.25, 0.3) is 0 Å². The second kappa shape index (κ2) is 5.08. The van der Waals surface area contributed by atoms with Crippen LogP contribution in [0.3, 0.4) is 0 Å². The van der Waals surface area contributed by atoms with Crippen molar-refractivity contribution in [3.05, 3.63) is 64.4 Å². The van der Waals surface area contributed by atoms with Crippen LogP contribution in [-0.4, -0.2) is 11.3 Å². The Balaban J connectivity index is 2.41. The maximum Gasteiger partial charge on any atom is 0.147 e. The molecule has 2 rings (SSSR count). The van der Waals surface area contributed by atoms with Crippen molar-refractivity contribution < 1.29 is 4.58 Å². The van der Waals surface area contributed by atoms with Crippen LogP contribution in [0, 0.1) is 13.0 Å². The predicted octanol–water partition coefficient (Wildman–Crippen LogP) is 4.58. The molecule has 0 aromatic heterocycles. The van der Waals surface area contributed by atoms with Crippen LogP contribution in [-0.2, 0) is 0 Å². The molecule has 1 heteroatoms. The quantitative estimate of drug-likeness (QED) is 0.536. The van der Waals surface area contributed by atoms with Crippen LogP contribution in [0.2, 0.25) is 0 Å². The van der Waals surface area contributed by atoms with E-state index in [2.05, 4.69) is 71.8 Å². The van der Waals surface area contributed by atoms with E-state index in [0.717, 1.165) is 0 Å². The van der Waals surface area contributed by atoms with Gasteiger partial charge >= 0.3 is 0 Å². The van der Waals surface area contributed by atoms with Crippen LogP contribution in [0.4, 0.5) is 0 Å². The number of allylic oxidation sites excluding steroid dienone is 2. The number of hydrogen-bond donors (Lipinski definition) is 0. The van der Waals surface area contributed by atoms with Crippen LogP contribution in [0.1, 0.15) is 50.3 Å². The van der Waals surface area contributed by atoms with Gasteiger partial charge in [0, 0.05) is 0 Å². The second-order valence-electron chi connectivity index (χ2n) is 5.72. The smallest absolute Gasteiger partial charge is 0.147 e. The lowest BCUT2D eigenvalue weighted by atomic mass is 9.91. The molecule has 0 radical (unpaired) electrons. The first-order valence-electron chi connectivity index (χ1n) is 6.85. The van der Waals surface area contributed by atoms with Gasteiger partial charge in [0.1, 0.15) is 12.2 Å². The third-order valence-corrected chi connectivity index (χ3v) is 3.83. The number of benzene rings is 1. The molecule has 0 saturated heterocycles. The molecule has 1 aromatic carbocycles. The molecular weight excluding hydrogens is 230 g/mol. The molecule has 0 aliphatic carbocycles. The van der Waals surface area contributed by atoms with Gasteiger partial charge in [-0.1, -0.05) is 56.5 Å². The summed E-state index contributed by atoms with van der Waals surface area (Å²) in [5.41, 5.74) is 6.55. The van der Waals surface area contributed by atoms with Crippen molar-refractivity contribution in [3.8, 4) is 0 Å². The van der Waals surface area contributed by atoms with Gasteiger partial charge in [0.2, 0.25) is 0 Å². The Morgan fingerprint density at radius 3 is 2.37 bits per heavy atom. The summed E-state index contributed by atoms with van der Waals surface area (Å²) < 4.78 is 1.97. The number of hydrogen-bond acceptors (Lipinski definition) is 0. The maximum absolute atomic E-state index is 4.11. The van der Waals surface area contributed by atoms with Crippen LogP contribution in [0.5, 0.6) is 0 Å². The highest BCUT2D eigenvalue weighted by molar-refractivity contribution is 5.47. The van der Waals surface area contributed by atoms with Gasteiger partial charge in [0.25, 0.3) is 0 Å². The molecule has 1 heterocycles. The number of aryl methyl sites for hydroxylation is 1. The van der Waals surface area contributed by atoms with E-state index in [1.54, 1.807) is 0 Å². The molecule has 0 amide bonds. The minimum atomic E-state index is 0.569. The highest BCUT2D eigenvalue weighted by atomic mass is 15.0. The van der Waals surface area contributed by atoms with Gasteiger partial charge in [0.15, 0.2) is 0 Å². The summed E-state index contributed by atoms with van der Waals surface area (Å²) in [6, 6.07) is 7.91. The minimum absolute atomic E-state index is 0.569. The molecule has 0 atom stereocenters. The molecule has 0 bridgehead atoms. The largest absolute Gasteiger partial charge is 0.255 e. The van der Waals surface area contributed by atoms with Gasteiger partial charge in [0.05, 0.1) is 6.72 Å². The average molecular weight is 253 g/mol. The van der Waals surface area contributed by atoms with Crippen molar-refractivity contribution in [2.24, 2.45) is 0 Å². The van der Waals surface area contributed by atoms with Gasteiger partial charge in [-0.3, -0.25) is 4.58 Å². The van der Waals surface area contributed by atoms with Crippen molar-refractivity contribution in [1.82, 2.24) is 0 Å². The molecule has 100 valence electrons. The fraction of sp³-hybridized carbons (Fsp3) is 0.333. The molecule has 1 aromatic rings. The van der Waals surface area contributed by atoms with Gasteiger partial charge in [-0.25, -0.2) is 0 Å². The standard InChI is InChI=1S/C18H23N/c1-12(2)16-7-8-17(14(4)9-16)18-10-13(3)15(5)11-19(18)6/h7-12H,6H2,1-5H3.